The Hall–Kier alpha value is -2.17. The molecule has 1 fully saturated rings. The van der Waals surface area contributed by atoms with E-state index in [1.807, 2.05) is 23.1 Å². The van der Waals surface area contributed by atoms with Gasteiger partial charge in [0.15, 0.2) is 0 Å². The molecule has 0 aromatic carbocycles. The lowest BCUT2D eigenvalue weighted by molar-refractivity contribution is -0.118. The lowest BCUT2D eigenvalue weighted by atomic mass is 10.2. The number of hydrogen-bond donors (Lipinski definition) is 1. The molecule has 2 N–H and O–H groups in total. The third-order valence-corrected chi connectivity index (χ3v) is 3.24. The van der Waals surface area contributed by atoms with E-state index in [2.05, 4.69) is 9.98 Å². The van der Waals surface area contributed by atoms with Gasteiger partial charge in [-0.15, -0.1) is 0 Å². The van der Waals surface area contributed by atoms with Crippen LogP contribution in [0.3, 0.4) is 0 Å². The summed E-state index contributed by atoms with van der Waals surface area (Å²) in [6.45, 7) is 1.45. The monoisotopic (exact) mass is 258 g/mol. The molecule has 1 aliphatic rings. The molecule has 19 heavy (non-hydrogen) atoms. The molecule has 0 spiro atoms. The van der Waals surface area contributed by atoms with E-state index in [4.69, 9.17) is 5.73 Å². The predicted molar refractivity (Wildman–Crippen MR) is 75.6 cm³/mol. The Bertz CT molecular complexity index is 470. The van der Waals surface area contributed by atoms with Gasteiger partial charge in [0.05, 0.1) is 18.3 Å². The molecule has 1 aromatic heterocycles. The minimum Gasteiger partial charge on any atom is -0.404 e. The zero-order chi connectivity index (χ0) is 13.5. The summed E-state index contributed by atoms with van der Waals surface area (Å²) < 4.78 is 0. The van der Waals surface area contributed by atoms with E-state index in [-0.39, 0.29) is 6.04 Å². The molecule has 1 amide bonds. The number of aliphatic imine (C=N–C) groups is 1. The molecule has 2 rings (SSSR count). The molecule has 5 heteroatoms. The van der Waals surface area contributed by atoms with Crippen LogP contribution in [0.4, 0.5) is 0 Å². The maximum absolute atomic E-state index is 10.8. The van der Waals surface area contributed by atoms with Crippen LogP contribution in [0.25, 0.3) is 5.57 Å². The van der Waals surface area contributed by atoms with Crippen molar-refractivity contribution in [3.8, 4) is 0 Å². The number of carbonyl (C=O) groups excluding carboxylic acids is 1. The average molecular weight is 258 g/mol. The highest BCUT2D eigenvalue weighted by molar-refractivity contribution is 6.08. The Balaban J connectivity index is 1.96. The van der Waals surface area contributed by atoms with Crippen LogP contribution < -0.4 is 5.73 Å². The van der Waals surface area contributed by atoms with Gasteiger partial charge < -0.3 is 10.6 Å². The number of carbonyl (C=O) groups is 1. The first kappa shape index (κ1) is 13.3. The molecule has 100 valence electrons. The van der Waals surface area contributed by atoms with Crippen LogP contribution in [0.1, 0.15) is 18.5 Å². The Kier molecular flexibility index (Phi) is 4.66. The van der Waals surface area contributed by atoms with Crippen LogP contribution in [0.15, 0.2) is 35.6 Å². The summed E-state index contributed by atoms with van der Waals surface area (Å²) >= 11 is 0. The SMILES string of the molecule is N/C=C(\C=NCC1CCCN1C=O)c1ccccn1. The van der Waals surface area contributed by atoms with Crippen LogP contribution >= 0.6 is 0 Å². The molecular weight excluding hydrogens is 240 g/mol. The number of nitrogens with zero attached hydrogens (tertiary/aromatic N) is 3. The Morgan fingerprint density at radius 2 is 2.47 bits per heavy atom. The standard InChI is InChI=1S/C14H18N4O/c15-8-12(14-5-1-2-6-17-14)9-16-10-13-4-3-7-18(13)11-19/h1-2,5-6,8-9,11,13H,3-4,7,10,15H2/b12-8+,16-9?. The van der Waals surface area contributed by atoms with Gasteiger partial charge in [-0.2, -0.15) is 0 Å². The van der Waals surface area contributed by atoms with Crippen molar-refractivity contribution in [2.24, 2.45) is 10.7 Å². The third-order valence-electron chi connectivity index (χ3n) is 3.24. The van der Waals surface area contributed by atoms with Crippen LogP contribution in [-0.4, -0.2) is 41.6 Å². The van der Waals surface area contributed by atoms with Crippen molar-refractivity contribution in [1.82, 2.24) is 9.88 Å². The fourth-order valence-corrected chi connectivity index (χ4v) is 2.19. The number of allylic oxidation sites excluding steroid dienone is 1. The van der Waals surface area contributed by atoms with Crippen molar-refractivity contribution in [2.45, 2.75) is 18.9 Å². The largest absolute Gasteiger partial charge is 0.404 e. The zero-order valence-corrected chi connectivity index (χ0v) is 10.8. The summed E-state index contributed by atoms with van der Waals surface area (Å²) in [5.41, 5.74) is 7.18. The van der Waals surface area contributed by atoms with Gasteiger partial charge >= 0.3 is 0 Å². The lowest BCUT2D eigenvalue weighted by Gasteiger charge is -2.17. The Morgan fingerprint density at radius 1 is 1.58 bits per heavy atom. The lowest BCUT2D eigenvalue weighted by Crippen LogP contribution is -2.30. The van der Waals surface area contributed by atoms with Crippen molar-refractivity contribution in [1.29, 1.82) is 0 Å². The normalized spacial score (nSPS) is 20.1. The summed E-state index contributed by atoms with van der Waals surface area (Å²) in [5.74, 6) is 0. The molecule has 1 aliphatic heterocycles. The minimum atomic E-state index is 0.219. The van der Waals surface area contributed by atoms with Crippen molar-refractivity contribution in [3.05, 3.63) is 36.3 Å². The van der Waals surface area contributed by atoms with Gasteiger partial charge in [-0.3, -0.25) is 14.8 Å². The van der Waals surface area contributed by atoms with Crippen molar-refractivity contribution < 1.29 is 4.79 Å². The summed E-state index contributed by atoms with van der Waals surface area (Å²) in [6, 6.07) is 5.87. The molecule has 1 unspecified atom stereocenters. The Labute approximate surface area is 112 Å². The highest BCUT2D eigenvalue weighted by Gasteiger charge is 2.21. The van der Waals surface area contributed by atoms with Gasteiger partial charge in [-0.05, 0) is 25.0 Å². The number of hydrogen-bond acceptors (Lipinski definition) is 4. The smallest absolute Gasteiger partial charge is 0.210 e. The number of amides is 1. The first-order chi connectivity index (χ1) is 9.35. The number of nitrogens with two attached hydrogens (primary N) is 1. The minimum absolute atomic E-state index is 0.219. The summed E-state index contributed by atoms with van der Waals surface area (Å²) in [5, 5.41) is 0. The molecular formula is C14H18N4O. The topological polar surface area (TPSA) is 71.6 Å². The highest BCUT2D eigenvalue weighted by atomic mass is 16.1. The average Bonchev–Trinajstić information content (AvgIpc) is 2.92. The number of pyridine rings is 1. The molecule has 0 aliphatic carbocycles. The third kappa shape index (κ3) is 3.40. The van der Waals surface area contributed by atoms with Gasteiger partial charge in [0, 0.05) is 30.7 Å². The van der Waals surface area contributed by atoms with E-state index in [1.54, 1.807) is 12.4 Å². The summed E-state index contributed by atoms with van der Waals surface area (Å²) in [4.78, 5) is 21.2. The maximum Gasteiger partial charge on any atom is 0.210 e. The molecule has 1 atom stereocenters. The quantitative estimate of drug-likeness (QED) is 0.634. The first-order valence-electron chi connectivity index (χ1n) is 6.39. The number of rotatable bonds is 5. The zero-order valence-electron chi connectivity index (χ0n) is 10.8. The molecule has 5 nitrogen and oxygen atoms in total. The molecule has 1 aromatic rings. The van der Waals surface area contributed by atoms with Gasteiger partial charge in [0.2, 0.25) is 6.41 Å². The van der Waals surface area contributed by atoms with E-state index in [0.717, 1.165) is 37.1 Å². The molecule has 0 saturated carbocycles. The highest BCUT2D eigenvalue weighted by Crippen LogP contribution is 2.15. The van der Waals surface area contributed by atoms with Crippen molar-refractivity contribution in [2.75, 3.05) is 13.1 Å². The van der Waals surface area contributed by atoms with Crippen molar-refractivity contribution >= 4 is 18.2 Å². The van der Waals surface area contributed by atoms with Crippen LogP contribution in [0, 0.1) is 0 Å². The van der Waals surface area contributed by atoms with Crippen LogP contribution in [-0.2, 0) is 4.79 Å². The molecule has 2 heterocycles. The van der Waals surface area contributed by atoms with E-state index >= 15 is 0 Å². The van der Waals surface area contributed by atoms with Gasteiger partial charge in [-0.1, -0.05) is 6.07 Å². The Morgan fingerprint density at radius 3 is 3.16 bits per heavy atom. The first-order valence-corrected chi connectivity index (χ1v) is 6.39. The fraction of sp³-hybridized carbons (Fsp3) is 0.357. The number of likely N-dealkylation sites (tertiary alicyclic amines) is 1. The van der Waals surface area contributed by atoms with E-state index in [9.17, 15) is 4.79 Å². The molecule has 0 radical (unpaired) electrons. The second-order valence-electron chi connectivity index (χ2n) is 4.47. The van der Waals surface area contributed by atoms with Crippen molar-refractivity contribution in [3.63, 3.8) is 0 Å². The number of aromatic nitrogens is 1. The molecule has 1 saturated heterocycles. The predicted octanol–water partition coefficient (Wildman–Crippen LogP) is 1.07. The second kappa shape index (κ2) is 6.68. The van der Waals surface area contributed by atoms with Gasteiger partial charge in [-0.25, -0.2) is 0 Å². The van der Waals surface area contributed by atoms with E-state index in [0.29, 0.717) is 6.54 Å². The fourth-order valence-electron chi connectivity index (χ4n) is 2.19. The van der Waals surface area contributed by atoms with E-state index < -0.39 is 0 Å². The van der Waals surface area contributed by atoms with Gasteiger partial charge in [0.25, 0.3) is 0 Å². The second-order valence-corrected chi connectivity index (χ2v) is 4.47. The maximum atomic E-state index is 10.8. The summed E-state index contributed by atoms with van der Waals surface area (Å²) in [6.07, 6.45) is 7.92. The van der Waals surface area contributed by atoms with Crippen LogP contribution in [0.2, 0.25) is 0 Å². The van der Waals surface area contributed by atoms with Crippen LogP contribution in [0.5, 0.6) is 0 Å². The summed E-state index contributed by atoms with van der Waals surface area (Å²) in [7, 11) is 0. The molecule has 0 bridgehead atoms. The van der Waals surface area contributed by atoms with E-state index in [1.165, 1.54) is 6.20 Å². The van der Waals surface area contributed by atoms with Gasteiger partial charge in [0.1, 0.15) is 0 Å².